The molecule has 2 unspecified atom stereocenters. The molecule has 13 heteroatoms. The minimum Gasteiger partial charge on any atom is -0.433 e. The predicted molar refractivity (Wildman–Crippen MR) is 135 cm³/mol. The van der Waals surface area contributed by atoms with E-state index in [1.807, 2.05) is 67.8 Å². The summed E-state index contributed by atoms with van der Waals surface area (Å²) >= 11 is 11.4. The van der Waals surface area contributed by atoms with Crippen molar-refractivity contribution >= 4 is 108 Å². The Labute approximate surface area is 219 Å². The van der Waals surface area contributed by atoms with Gasteiger partial charge in [0.05, 0.1) is 30.5 Å². The van der Waals surface area contributed by atoms with Crippen LogP contribution in [0.3, 0.4) is 0 Å². The zero-order valence-electron chi connectivity index (χ0n) is 16.2. The first-order chi connectivity index (χ1) is 14.0. The molecule has 2 amide bonds. The quantitative estimate of drug-likeness (QED) is 0.171. The van der Waals surface area contributed by atoms with Gasteiger partial charge in [0, 0.05) is 31.6 Å². The van der Waals surface area contributed by atoms with E-state index in [0.717, 1.165) is 0 Å². The van der Waals surface area contributed by atoms with E-state index >= 15 is 0 Å². The van der Waals surface area contributed by atoms with Gasteiger partial charge in [-0.15, -0.1) is 0 Å². The van der Waals surface area contributed by atoms with Crippen molar-refractivity contribution in [1.29, 1.82) is 0 Å². The minimum atomic E-state index is -1.03. The number of esters is 1. The number of hydrogen-bond donors (Lipinski definition) is 2. The Bertz CT molecular complexity index is 866. The molecule has 0 fully saturated rings. The highest BCUT2D eigenvalue weighted by molar-refractivity contribution is 14.1. The molecule has 0 bridgehead atoms. The Kier molecular flexibility index (Phi) is 11.7. The number of carbonyl (C=O) groups is 4. The molecule has 166 valence electrons. The zero-order chi connectivity index (χ0) is 23.2. The van der Waals surface area contributed by atoms with Crippen LogP contribution in [0.15, 0.2) is 0 Å². The van der Waals surface area contributed by atoms with Crippen LogP contribution in [0.1, 0.15) is 34.6 Å². The van der Waals surface area contributed by atoms with Crippen LogP contribution in [-0.2, 0) is 23.8 Å². The van der Waals surface area contributed by atoms with Crippen LogP contribution in [-0.4, -0.2) is 56.2 Å². The molecule has 1 rings (SSSR count). The summed E-state index contributed by atoms with van der Waals surface area (Å²) in [6.45, 7) is 2.48. The fourth-order valence-corrected chi connectivity index (χ4v) is 7.26. The first-order valence-corrected chi connectivity index (χ1v) is 11.8. The summed E-state index contributed by atoms with van der Waals surface area (Å²) in [5.74, 6) is -1.47. The first-order valence-electron chi connectivity index (χ1n) is 8.15. The molecule has 2 atom stereocenters. The number of halogens is 4. The Hall–Kier alpha value is -0.300. The maximum Gasteiger partial charge on any atom is 0.305 e. The summed E-state index contributed by atoms with van der Waals surface area (Å²) in [5.41, 5.74) is 0.599. The highest BCUT2D eigenvalue weighted by Crippen LogP contribution is 2.36. The van der Waals surface area contributed by atoms with Gasteiger partial charge in [0.1, 0.15) is 6.10 Å². The summed E-state index contributed by atoms with van der Waals surface area (Å²) in [7, 11) is 2.72. The van der Waals surface area contributed by atoms with Crippen molar-refractivity contribution in [3.8, 4) is 0 Å². The molecule has 0 heterocycles. The molecule has 0 aromatic heterocycles. The Morgan fingerprint density at radius 3 is 1.97 bits per heavy atom. The largest absolute Gasteiger partial charge is 0.433 e. The average Bonchev–Trinajstić information content (AvgIpc) is 2.63. The van der Waals surface area contributed by atoms with Crippen LogP contribution in [0.5, 0.6) is 0 Å². The van der Waals surface area contributed by atoms with Crippen LogP contribution in [0.2, 0.25) is 0 Å². The number of amides is 2. The lowest BCUT2D eigenvalue weighted by atomic mass is 10.1. The zero-order valence-corrected chi connectivity index (χ0v) is 23.5. The molecule has 9 nitrogen and oxygen atoms in total. The third-order valence-electron chi connectivity index (χ3n) is 3.63. The van der Waals surface area contributed by atoms with Crippen molar-refractivity contribution in [1.82, 2.24) is 5.32 Å². The van der Waals surface area contributed by atoms with Gasteiger partial charge in [-0.2, -0.15) is 0 Å². The molecular weight excluding hydrogens is 760 g/mol. The van der Waals surface area contributed by atoms with Crippen LogP contribution < -0.4 is 10.6 Å². The fourth-order valence-electron chi connectivity index (χ4n) is 2.33. The van der Waals surface area contributed by atoms with E-state index in [9.17, 15) is 19.2 Å². The first kappa shape index (κ1) is 27.7. The van der Waals surface area contributed by atoms with Gasteiger partial charge in [0.25, 0.3) is 11.1 Å². The normalized spacial score (nSPS) is 12.7. The van der Waals surface area contributed by atoms with Gasteiger partial charge in [0.2, 0.25) is 12.2 Å². The summed E-state index contributed by atoms with van der Waals surface area (Å²) in [5, 5.41) is 4.55. The molecule has 0 saturated heterocycles. The van der Waals surface area contributed by atoms with E-state index in [2.05, 4.69) is 10.6 Å². The predicted octanol–water partition coefficient (Wildman–Crippen LogP) is 3.12. The van der Waals surface area contributed by atoms with Gasteiger partial charge in [-0.1, -0.05) is 0 Å². The second-order valence-corrected chi connectivity index (χ2v) is 9.30. The number of carbonyl (C=O) groups excluding carboxylic acids is 4. The monoisotopic (exact) mass is 778 g/mol. The van der Waals surface area contributed by atoms with Crippen molar-refractivity contribution in [2.75, 3.05) is 26.1 Å². The van der Waals surface area contributed by atoms with Crippen molar-refractivity contribution < 1.29 is 33.4 Å². The van der Waals surface area contributed by atoms with Crippen LogP contribution in [0.25, 0.3) is 0 Å². The topological polar surface area (TPSA) is 120 Å². The molecule has 2 N–H and O–H groups in total. The van der Waals surface area contributed by atoms with Crippen molar-refractivity contribution in [3.05, 3.63) is 21.8 Å². The number of methoxy groups -OCH3 is 2. The Morgan fingerprint density at radius 1 is 0.967 bits per heavy atom. The fraction of sp³-hybridized carbons (Fsp3) is 0.412. The van der Waals surface area contributed by atoms with Gasteiger partial charge in [-0.05, 0) is 79.4 Å². The minimum absolute atomic E-state index is 0.0567. The second kappa shape index (κ2) is 12.7. The van der Waals surface area contributed by atoms with Gasteiger partial charge in [0.15, 0.2) is 0 Å². The van der Waals surface area contributed by atoms with Crippen LogP contribution in [0, 0.1) is 10.7 Å². The maximum atomic E-state index is 13.0. The smallest absolute Gasteiger partial charge is 0.305 e. The number of anilines is 1. The summed E-state index contributed by atoms with van der Waals surface area (Å²) < 4.78 is 16.6. The van der Waals surface area contributed by atoms with E-state index in [1.54, 1.807) is 0 Å². The molecule has 0 radical (unpaired) electrons. The van der Waals surface area contributed by atoms with E-state index in [0.29, 0.717) is 16.4 Å². The van der Waals surface area contributed by atoms with Crippen LogP contribution >= 0.6 is 79.4 Å². The molecule has 0 aliphatic rings. The third-order valence-corrected chi connectivity index (χ3v) is 7.05. The maximum absolute atomic E-state index is 13.0. The van der Waals surface area contributed by atoms with Crippen molar-refractivity contribution in [2.24, 2.45) is 0 Å². The lowest BCUT2D eigenvalue weighted by Gasteiger charge is -2.24. The Balaban J connectivity index is 3.31. The van der Waals surface area contributed by atoms with E-state index in [4.69, 9.17) is 25.8 Å². The number of nitrogens with one attached hydrogen (secondary N) is 2. The molecule has 0 aliphatic heterocycles. The molecular formula is C17H18ClI3N2O7. The number of rotatable bonds is 9. The van der Waals surface area contributed by atoms with Gasteiger partial charge in [-0.3, -0.25) is 19.2 Å². The Morgan fingerprint density at radius 2 is 1.53 bits per heavy atom. The second-order valence-electron chi connectivity index (χ2n) is 5.72. The molecule has 0 aliphatic carbocycles. The standard InChI is InChI=1S/C17H18ClI3N2O7/c1-6(24)23-14-12(20)9(15(18)26)11(19)10(13(14)21)16(27)22-5-8(28-3)17(29-4)30-7(2)25/h8,17H,5H2,1-4H3,(H,22,27)(H,23,24). The number of hydrogen-bond acceptors (Lipinski definition) is 7. The summed E-state index contributed by atoms with van der Waals surface area (Å²) in [6, 6.07) is 0. The summed E-state index contributed by atoms with van der Waals surface area (Å²) in [6.07, 6.45) is -1.82. The SMILES string of the molecule is COC(CNC(=O)c1c(I)c(NC(C)=O)c(I)c(C(=O)Cl)c1I)C(OC)OC(C)=O. The van der Waals surface area contributed by atoms with Crippen molar-refractivity contribution in [2.45, 2.75) is 26.2 Å². The molecule has 30 heavy (non-hydrogen) atoms. The number of benzene rings is 1. The highest BCUT2D eigenvalue weighted by Gasteiger charge is 2.29. The number of ether oxygens (including phenoxy) is 3. The molecule has 1 aromatic rings. The third kappa shape index (κ3) is 7.11. The van der Waals surface area contributed by atoms with Crippen molar-refractivity contribution in [3.63, 3.8) is 0 Å². The molecule has 0 spiro atoms. The van der Waals surface area contributed by atoms with E-state index in [-0.39, 0.29) is 23.6 Å². The van der Waals surface area contributed by atoms with Gasteiger partial charge < -0.3 is 24.8 Å². The summed E-state index contributed by atoms with van der Waals surface area (Å²) in [4.78, 5) is 47.8. The van der Waals surface area contributed by atoms with Gasteiger partial charge >= 0.3 is 5.97 Å². The van der Waals surface area contributed by atoms with E-state index < -0.39 is 29.5 Å². The molecule has 1 aromatic carbocycles. The average molecular weight is 779 g/mol. The van der Waals surface area contributed by atoms with Crippen LogP contribution in [0.4, 0.5) is 5.69 Å². The van der Waals surface area contributed by atoms with Gasteiger partial charge in [-0.25, -0.2) is 0 Å². The molecule has 0 saturated carbocycles. The lowest BCUT2D eigenvalue weighted by molar-refractivity contribution is -0.196. The van der Waals surface area contributed by atoms with E-state index in [1.165, 1.54) is 28.1 Å². The lowest BCUT2D eigenvalue weighted by Crippen LogP contribution is -2.43. The highest BCUT2D eigenvalue weighted by atomic mass is 127.